The van der Waals surface area contributed by atoms with Crippen LogP contribution in [0, 0.1) is 0 Å². The van der Waals surface area contributed by atoms with E-state index in [1.165, 1.54) is 0 Å². The van der Waals surface area contributed by atoms with Crippen LogP contribution in [0.15, 0.2) is 29.3 Å². The highest BCUT2D eigenvalue weighted by atomic mass is 16.2. The summed E-state index contributed by atoms with van der Waals surface area (Å²) in [6.07, 6.45) is 0. The molecule has 2 rings (SSSR count). The second-order valence-electron chi connectivity index (χ2n) is 3.23. The van der Waals surface area contributed by atoms with Crippen LogP contribution in [-0.4, -0.2) is 25.0 Å². The van der Waals surface area contributed by atoms with Gasteiger partial charge in [0.25, 0.3) is 0 Å². The summed E-state index contributed by atoms with van der Waals surface area (Å²) in [6.45, 7) is 1.66. The first-order chi connectivity index (χ1) is 7.25. The van der Waals surface area contributed by atoms with E-state index in [2.05, 4.69) is 15.6 Å². The summed E-state index contributed by atoms with van der Waals surface area (Å²) >= 11 is 0. The number of amides is 2. The SMILES string of the molecule is NC(=O)Nc1cccc(C2=NCCN2)c1. The molecule has 0 unspecified atom stereocenters. The molecular formula is C10H12N4O. The van der Waals surface area contributed by atoms with Crippen molar-refractivity contribution in [2.24, 2.45) is 10.7 Å². The molecule has 15 heavy (non-hydrogen) atoms. The van der Waals surface area contributed by atoms with Gasteiger partial charge < -0.3 is 16.4 Å². The van der Waals surface area contributed by atoms with Gasteiger partial charge in [0.05, 0.1) is 6.54 Å². The molecule has 5 heteroatoms. The maximum absolute atomic E-state index is 10.7. The highest BCUT2D eigenvalue weighted by molar-refractivity contribution is 6.01. The van der Waals surface area contributed by atoms with Crippen LogP contribution in [0.3, 0.4) is 0 Å². The molecule has 0 atom stereocenters. The summed E-state index contributed by atoms with van der Waals surface area (Å²) in [5, 5.41) is 5.68. The Labute approximate surface area is 87.4 Å². The van der Waals surface area contributed by atoms with Gasteiger partial charge in [-0.25, -0.2) is 4.79 Å². The van der Waals surface area contributed by atoms with Crippen molar-refractivity contribution in [3.63, 3.8) is 0 Å². The molecule has 0 fully saturated rings. The lowest BCUT2D eigenvalue weighted by Crippen LogP contribution is -2.21. The van der Waals surface area contributed by atoms with E-state index in [1.807, 2.05) is 18.2 Å². The van der Waals surface area contributed by atoms with Crippen molar-refractivity contribution in [2.45, 2.75) is 0 Å². The lowest BCUT2D eigenvalue weighted by molar-refractivity contribution is 0.259. The van der Waals surface area contributed by atoms with E-state index in [0.29, 0.717) is 5.69 Å². The van der Waals surface area contributed by atoms with Crippen molar-refractivity contribution in [1.82, 2.24) is 5.32 Å². The molecule has 78 valence electrons. The van der Waals surface area contributed by atoms with Crippen LogP contribution in [0.5, 0.6) is 0 Å². The largest absolute Gasteiger partial charge is 0.368 e. The first-order valence-electron chi connectivity index (χ1n) is 4.71. The number of carbonyl (C=O) groups excluding carboxylic acids is 1. The maximum atomic E-state index is 10.7. The molecule has 0 radical (unpaired) electrons. The average Bonchev–Trinajstić information content (AvgIpc) is 2.69. The number of benzene rings is 1. The summed E-state index contributed by atoms with van der Waals surface area (Å²) in [5.41, 5.74) is 6.67. The molecular weight excluding hydrogens is 192 g/mol. The van der Waals surface area contributed by atoms with Crippen LogP contribution >= 0.6 is 0 Å². The van der Waals surface area contributed by atoms with Crippen molar-refractivity contribution >= 4 is 17.6 Å². The predicted molar refractivity (Wildman–Crippen MR) is 59.1 cm³/mol. The molecule has 1 aromatic carbocycles. The Morgan fingerprint density at radius 1 is 1.53 bits per heavy atom. The number of anilines is 1. The molecule has 1 aliphatic rings. The Bertz CT molecular complexity index is 414. The third kappa shape index (κ3) is 2.25. The molecule has 0 aromatic heterocycles. The summed E-state index contributed by atoms with van der Waals surface area (Å²) in [7, 11) is 0. The third-order valence-electron chi connectivity index (χ3n) is 2.08. The fourth-order valence-electron chi connectivity index (χ4n) is 1.48. The first-order valence-corrected chi connectivity index (χ1v) is 4.71. The summed E-state index contributed by atoms with van der Waals surface area (Å²) in [5.74, 6) is 0.864. The van der Waals surface area contributed by atoms with Crippen LogP contribution < -0.4 is 16.4 Å². The van der Waals surface area contributed by atoms with Crippen LogP contribution in [0.4, 0.5) is 10.5 Å². The average molecular weight is 204 g/mol. The zero-order valence-corrected chi connectivity index (χ0v) is 8.16. The van der Waals surface area contributed by atoms with E-state index in [1.54, 1.807) is 6.07 Å². The Hall–Kier alpha value is -2.04. The highest BCUT2D eigenvalue weighted by Crippen LogP contribution is 2.11. The topological polar surface area (TPSA) is 79.5 Å². The Kier molecular flexibility index (Phi) is 2.53. The third-order valence-corrected chi connectivity index (χ3v) is 2.08. The van der Waals surface area contributed by atoms with Crippen molar-refractivity contribution in [2.75, 3.05) is 18.4 Å². The van der Waals surface area contributed by atoms with Gasteiger partial charge in [-0.1, -0.05) is 12.1 Å². The number of carbonyl (C=O) groups is 1. The molecule has 2 amide bonds. The molecule has 0 bridgehead atoms. The van der Waals surface area contributed by atoms with Gasteiger partial charge in [0.15, 0.2) is 0 Å². The Morgan fingerprint density at radius 2 is 2.40 bits per heavy atom. The zero-order valence-electron chi connectivity index (χ0n) is 8.16. The van der Waals surface area contributed by atoms with Crippen molar-refractivity contribution in [3.05, 3.63) is 29.8 Å². The van der Waals surface area contributed by atoms with E-state index < -0.39 is 6.03 Å². The van der Waals surface area contributed by atoms with Gasteiger partial charge in [0, 0.05) is 17.8 Å². The molecule has 1 heterocycles. The second kappa shape index (κ2) is 4.00. The number of amidine groups is 1. The Morgan fingerprint density at radius 3 is 3.07 bits per heavy atom. The molecule has 0 saturated heterocycles. The smallest absolute Gasteiger partial charge is 0.316 e. The zero-order chi connectivity index (χ0) is 10.7. The number of nitrogens with zero attached hydrogens (tertiary/aromatic N) is 1. The summed E-state index contributed by atoms with van der Waals surface area (Å²) in [6, 6.07) is 6.84. The Balaban J connectivity index is 2.22. The number of hydrogen-bond donors (Lipinski definition) is 3. The molecule has 1 aliphatic heterocycles. The first kappa shape index (κ1) is 9.51. The minimum atomic E-state index is -0.562. The highest BCUT2D eigenvalue weighted by Gasteiger charge is 2.08. The van der Waals surface area contributed by atoms with Gasteiger partial charge in [-0.2, -0.15) is 0 Å². The molecule has 0 saturated carbocycles. The van der Waals surface area contributed by atoms with Gasteiger partial charge in [-0.3, -0.25) is 4.99 Å². The molecule has 0 aliphatic carbocycles. The number of primary amides is 1. The fourth-order valence-corrected chi connectivity index (χ4v) is 1.48. The number of urea groups is 1. The van der Waals surface area contributed by atoms with E-state index >= 15 is 0 Å². The lowest BCUT2D eigenvalue weighted by Gasteiger charge is -2.05. The number of nitrogens with two attached hydrogens (primary N) is 1. The number of rotatable bonds is 2. The number of aliphatic imine (C=N–C) groups is 1. The molecule has 5 nitrogen and oxygen atoms in total. The molecule has 4 N–H and O–H groups in total. The van der Waals surface area contributed by atoms with Crippen LogP contribution in [-0.2, 0) is 0 Å². The van der Waals surface area contributed by atoms with Crippen molar-refractivity contribution < 1.29 is 4.79 Å². The molecule has 0 spiro atoms. The predicted octanol–water partition coefficient (Wildman–Crippen LogP) is 0.527. The van der Waals surface area contributed by atoms with E-state index in [-0.39, 0.29) is 0 Å². The van der Waals surface area contributed by atoms with Gasteiger partial charge >= 0.3 is 6.03 Å². The van der Waals surface area contributed by atoms with Crippen LogP contribution in [0.1, 0.15) is 5.56 Å². The monoisotopic (exact) mass is 204 g/mol. The van der Waals surface area contributed by atoms with Gasteiger partial charge in [-0.15, -0.1) is 0 Å². The minimum Gasteiger partial charge on any atom is -0.368 e. The van der Waals surface area contributed by atoms with Crippen LogP contribution in [0.2, 0.25) is 0 Å². The van der Waals surface area contributed by atoms with E-state index in [9.17, 15) is 4.79 Å². The van der Waals surface area contributed by atoms with Crippen molar-refractivity contribution in [1.29, 1.82) is 0 Å². The minimum absolute atomic E-state index is 0.562. The van der Waals surface area contributed by atoms with E-state index in [4.69, 9.17) is 5.73 Å². The normalized spacial score (nSPS) is 14.3. The van der Waals surface area contributed by atoms with Gasteiger partial charge in [0.1, 0.15) is 5.84 Å². The quantitative estimate of drug-likeness (QED) is 0.656. The maximum Gasteiger partial charge on any atom is 0.316 e. The lowest BCUT2D eigenvalue weighted by atomic mass is 10.2. The summed E-state index contributed by atoms with van der Waals surface area (Å²) in [4.78, 5) is 15.0. The second-order valence-corrected chi connectivity index (χ2v) is 3.23. The standard InChI is InChI=1S/C10H12N4O/c11-10(15)14-8-3-1-2-7(6-8)9-12-4-5-13-9/h1-3,6H,4-5H2,(H,12,13)(H3,11,14,15). The fraction of sp³-hybridized carbons (Fsp3) is 0.200. The van der Waals surface area contributed by atoms with Crippen LogP contribution in [0.25, 0.3) is 0 Å². The number of hydrogen-bond acceptors (Lipinski definition) is 3. The number of nitrogens with one attached hydrogen (secondary N) is 2. The molecule has 1 aromatic rings. The van der Waals surface area contributed by atoms with Gasteiger partial charge in [-0.05, 0) is 12.1 Å². The van der Waals surface area contributed by atoms with Gasteiger partial charge in [0.2, 0.25) is 0 Å². The van der Waals surface area contributed by atoms with Crippen molar-refractivity contribution in [3.8, 4) is 0 Å². The summed E-state index contributed by atoms with van der Waals surface area (Å²) < 4.78 is 0. The van der Waals surface area contributed by atoms with E-state index in [0.717, 1.165) is 24.5 Å².